The van der Waals surface area contributed by atoms with Crippen LogP contribution < -0.4 is 5.32 Å². The Morgan fingerprint density at radius 2 is 1.59 bits per heavy atom. The molecule has 2 aromatic rings. The van der Waals surface area contributed by atoms with Crippen molar-refractivity contribution < 1.29 is 26.4 Å². The molecule has 0 atom stereocenters. The van der Waals surface area contributed by atoms with Crippen molar-refractivity contribution in [2.75, 3.05) is 19.6 Å². The van der Waals surface area contributed by atoms with Gasteiger partial charge in [0.25, 0.3) is 5.91 Å². The minimum absolute atomic E-state index is 0.121. The van der Waals surface area contributed by atoms with E-state index in [1.54, 1.807) is 12.1 Å². The van der Waals surface area contributed by atoms with Crippen molar-refractivity contribution in [1.82, 2.24) is 9.62 Å². The molecule has 5 nitrogen and oxygen atoms in total. The Morgan fingerprint density at radius 1 is 0.931 bits per heavy atom. The molecule has 0 unspecified atom stereocenters. The van der Waals surface area contributed by atoms with Crippen molar-refractivity contribution >= 4 is 15.9 Å². The standard InChI is InChI=1S/C20H21F3N2O3S/c21-17-9-8-16(18(22)19(17)23)20(26)24-11-10-14-4-6-15(7-5-14)29(27,28)25-12-2-1-3-13-25/h4-9H,1-3,10-13H2,(H,24,26). The van der Waals surface area contributed by atoms with E-state index < -0.39 is 38.9 Å². The van der Waals surface area contributed by atoms with Crippen LogP contribution in [0.15, 0.2) is 41.3 Å². The Morgan fingerprint density at radius 3 is 2.24 bits per heavy atom. The molecule has 0 radical (unpaired) electrons. The molecule has 1 aliphatic heterocycles. The molecule has 0 aliphatic carbocycles. The molecule has 0 spiro atoms. The number of amides is 1. The van der Waals surface area contributed by atoms with Gasteiger partial charge in [-0.05, 0) is 49.1 Å². The molecule has 9 heteroatoms. The van der Waals surface area contributed by atoms with Gasteiger partial charge in [0.2, 0.25) is 10.0 Å². The Kier molecular flexibility index (Phi) is 6.59. The van der Waals surface area contributed by atoms with Gasteiger partial charge in [-0.2, -0.15) is 4.31 Å². The van der Waals surface area contributed by atoms with Gasteiger partial charge in [0.05, 0.1) is 10.5 Å². The quantitative estimate of drug-likeness (QED) is 0.722. The van der Waals surface area contributed by atoms with E-state index in [0.717, 1.165) is 30.9 Å². The summed E-state index contributed by atoms with van der Waals surface area (Å²) in [4.78, 5) is 12.2. The number of piperidine rings is 1. The smallest absolute Gasteiger partial charge is 0.254 e. The van der Waals surface area contributed by atoms with E-state index in [2.05, 4.69) is 5.32 Å². The zero-order valence-corrected chi connectivity index (χ0v) is 16.4. The molecule has 156 valence electrons. The maximum absolute atomic E-state index is 13.6. The van der Waals surface area contributed by atoms with Gasteiger partial charge in [-0.15, -0.1) is 0 Å². The van der Waals surface area contributed by atoms with Gasteiger partial charge in [-0.3, -0.25) is 4.79 Å². The van der Waals surface area contributed by atoms with Crippen molar-refractivity contribution in [3.8, 4) is 0 Å². The fourth-order valence-electron chi connectivity index (χ4n) is 3.20. The van der Waals surface area contributed by atoms with Gasteiger partial charge in [0.15, 0.2) is 17.5 Å². The van der Waals surface area contributed by atoms with Crippen LogP contribution in [0, 0.1) is 17.5 Å². The summed E-state index contributed by atoms with van der Waals surface area (Å²) >= 11 is 0. The van der Waals surface area contributed by atoms with Gasteiger partial charge in [0.1, 0.15) is 0 Å². The van der Waals surface area contributed by atoms with Crippen LogP contribution in [0.1, 0.15) is 35.2 Å². The second-order valence-corrected chi connectivity index (χ2v) is 8.78. The average Bonchev–Trinajstić information content (AvgIpc) is 2.73. The van der Waals surface area contributed by atoms with Crippen LogP contribution >= 0.6 is 0 Å². The van der Waals surface area contributed by atoms with E-state index in [4.69, 9.17) is 0 Å². The van der Waals surface area contributed by atoms with E-state index in [1.807, 2.05) is 0 Å². The molecule has 1 aliphatic rings. The third-order valence-corrected chi connectivity index (χ3v) is 6.77. The zero-order chi connectivity index (χ0) is 21.0. The Labute approximate surface area is 167 Å². The van der Waals surface area contributed by atoms with Crippen molar-refractivity contribution in [2.45, 2.75) is 30.6 Å². The summed E-state index contributed by atoms with van der Waals surface area (Å²) in [6.07, 6.45) is 3.11. The van der Waals surface area contributed by atoms with Crippen molar-refractivity contribution in [1.29, 1.82) is 0 Å². The summed E-state index contributed by atoms with van der Waals surface area (Å²) in [6.45, 7) is 1.17. The first-order valence-corrected chi connectivity index (χ1v) is 10.8. The van der Waals surface area contributed by atoms with Gasteiger partial charge < -0.3 is 5.32 Å². The van der Waals surface area contributed by atoms with E-state index in [1.165, 1.54) is 16.4 Å². The number of hydrogen-bond acceptors (Lipinski definition) is 3. The maximum Gasteiger partial charge on any atom is 0.254 e. The number of carbonyl (C=O) groups excluding carboxylic acids is 1. The molecule has 0 saturated carbocycles. The fourth-order valence-corrected chi connectivity index (χ4v) is 4.72. The number of nitrogens with one attached hydrogen (secondary N) is 1. The Balaban J connectivity index is 1.58. The summed E-state index contributed by atoms with van der Waals surface area (Å²) in [5.74, 6) is -5.44. The lowest BCUT2D eigenvalue weighted by atomic mass is 10.1. The van der Waals surface area contributed by atoms with Crippen LogP contribution in [0.2, 0.25) is 0 Å². The molecule has 1 fully saturated rings. The van der Waals surface area contributed by atoms with Crippen molar-refractivity contribution in [3.05, 3.63) is 65.0 Å². The number of halogens is 3. The highest BCUT2D eigenvalue weighted by Gasteiger charge is 2.25. The average molecular weight is 426 g/mol. The minimum atomic E-state index is -3.51. The molecule has 1 heterocycles. The fraction of sp³-hybridized carbons (Fsp3) is 0.350. The van der Waals surface area contributed by atoms with E-state index in [0.29, 0.717) is 25.6 Å². The molecule has 3 rings (SSSR count). The molecule has 0 bridgehead atoms. The van der Waals surface area contributed by atoms with Crippen molar-refractivity contribution in [2.24, 2.45) is 0 Å². The summed E-state index contributed by atoms with van der Waals surface area (Å²) in [7, 11) is -3.51. The monoisotopic (exact) mass is 426 g/mol. The largest absolute Gasteiger partial charge is 0.352 e. The van der Waals surface area contributed by atoms with Gasteiger partial charge in [-0.1, -0.05) is 18.6 Å². The molecule has 0 aromatic heterocycles. The van der Waals surface area contributed by atoms with Crippen LogP contribution in [0.4, 0.5) is 13.2 Å². The van der Waals surface area contributed by atoms with Crippen LogP contribution in [0.3, 0.4) is 0 Å². The van der Waals surface area contributed by atoms with Crippen LogP contribution in [-0.4, -0.2) is 38.3 Å². The molecule has 1 amide bonds. The second-order valence-electron chi connectivity index (χ2n) is 6.84. The number of sulfonamides is 1. The Hall–Kier alpha value is -2.39. The topological polar surface area (TPSA) is 66.5 Å². The normalized spacial score (nSPS) is 15.3. The first-order chi connectivity index (χ1) is 13.8. The van der Waals surface area contributed by atoms with E-state index in [-0.39, 0.29) is 11.4 Å². The van der Waals surface area contributed by atoms with Crippen LogP contribution in [-0.2, 0) is 16.4 Å². The highest BCUT2D eigenvalue weighted by atomic mass is 32.2. The molecule has 1 saturated heterocycles. The highest BCUT2D eigenvalue weighted by molar-refractivity contribution is 7.89. The van der Waals surface area contributed by atoms with E-state index >= 15 is 0 Å². The zero-order valence-electron chi connectivity index (χ0n) is 15.6. The number of nitrogens with zero attached hydrogens (tertiary/aromatic N) is 1. The van der Waals surface area contributed by atoms with E-state index in [9.17, 15) is 26.4 Å². The third kappa shape index (κ3) is 4.79. The first kappa shape index (κ1) is 21.3. The number of rotatable bonds is 6. The predicted octanol–water partition coefficient (Wildman–Crippen LogP) is 3.25. The number of hydrogen-bond donors (Lipinski definition) is 1. The third-order valence-electron chi connectivity index (χ3n) is 4.86. The summed E-state index contributed by atoms with van der Waals surface area (Å²) < 4.78 is 66.5. The number of carbonyl (C=O) groups is 1. The molecular weight excluding hydrogens is 405 g/mol. The second kappa shape index (κ2) is 8.96. The highest BCUT2D eigenvalue weighted by Crippen LogP contribution is 2.21. The lowest BCUT2D eigenvalue weighted by Gasteiger charge is -2.25. The van der Waals surface area contributed by atoms with Crippen LogP contribution in [0.25, 0.3) is 0 Å². The predicted molar refractivity (Wildman–Crippen MR) is 101 cm³/mol. The van der Waals surface area contributed by atoms with Crippen LogP contribution in [0.5, 0.6) is 0 Å². The maximum atomic E-state index is 13.6. The summed E-state index contributed by atoms with van der Waals surface area (Å²) in [5, 5.41) is 2.44. The lowest BCUT2D eigenvalue weighted by molar-refractivity contribution is 0.0949. The van der Waals surface area contributed by atoms with Crippen molar-refractivity contribution in [3.63, 3.8) is 0 Å². The molecule has 1 N–H and O–H groups in total. The van der Waals surface area contributed by atoms with Gasteiger partial charge in [0, 0.05) is 19.6 Å². The molecule has 29 heavy (non-hydrogen) atoms. The molecule has 2 aromatic carbocycles. The van der Waals surface area contributed by atoms with Gasteiger partial charge in [-0.25, -0.2) is 21.6 Å². The summed E-state index contributed by atoms with van der Waals surface area (Å²) in [6, 6.07) is 7.92. The Bertz CT molecular complexity index is 989. The SMILES string of the molecule is O=C(NCCc1ccc(S(=O)(=O)N2CCCCC2)cc1)c1ccc(F)c(F)c1F. The van der Waals surface area contributed by atoms with Gasteiger partial charge >= 0.3 is 0 Å². The lowest BCUT2D eigenvalue weighted by Crippen LogP contribution is -2.35. The first-order valence-electron chi connectivity index (χ1n) is 9.31. The molecular formula is C20H21F3N2O3S. The number of benzene rings is 2. The summed E-state index contributed by atoms with van der Waals surface area (Å²) in [5.41, 5.74) is 0.195. The minimum Gasteiger partial charge on any atom is -0.352 e.